The van der Waals surface area contributed by atoms with Crippen molar-refractivity contribution in [3.63, 3.8) is 0 Å². The lowest BCUT2D eigenvalue weighted by Crippen LogP contribution is -2.43. The quantitative estimate of drug-likeness (QED) is 0.0753. The minimum absolute atomic E-state index is 0.126. The lowest BCUT2D eigenvalue weighted by atomic mass is 9.99. The third-order valence-corrected chi connectivity index (χ3v) is 10.1. The molecule has 2 aliphatic rings. The van der Waals surface area contributed by atoms with Crippen molar-refractivity contribution in [1.82, 2.24) is 20.6 Å². The first-order chi connectivity index (χ1) is 29.5. The van der Waals surface area contributed by atoms with Crippen molar-refractivity contribution in [2.45, 2.75) is 90.5 Å². The van der Waals surface area contributed by atoms with Crippen molar-refractivity contribution in [2.75, 3.05) is 5.33 Å². The zero-order valence-corrected chi connectivity index (χ0v) is 37.6. The van der Waals surface area contributed by atoms with Gasteiger partial charge in [0.2, 0.25) is 0 Å². The first kappa shape index (κ1) is 46.8. The maximum absolute atomic E-state index is 12.5. The molecule has 1 aromatic heterocycles. The molecule has 7 rings (SSSR count). The van der Waals surface area contributed by atoms with E-state index in [1.54, 1.807) is 20.8 Å². The number of hydrogen-bond acceptors (Lipinski definition) is 7. The number of alkyl halides is 1. The van der Waals surface area contributed by atoms with Crippen LogP contribution in [0.4, 0.5) is 9.59 Å². The zero-order valence-electron chi connectivity index (χ0n) is 36.0. The smallest absolute Gasteiger partial charge is 0.408 e. The van der Waals surface area contributed by atoms with Crippen LogP contribution in [0.3, 0.4) is 0 Å². The number of Topliss-reactive ketones (excluding diaryl/α,β-unsaturated/α-hetero) is 1. The van der Waals surface area contributed by atoms with Gasteiger partial charge in [0.1, 0.15) is 23.1 Å². The summed E-state index contributed by atoms with van der Waals surface area (Å²) in [5, 5.41) is 15.2. The molecule has 0 aliphatic heterocycles. The monoisotopic (exact) mass is 902 g/mol. The predicted molar refractivity (Wildman–Crippen MR) is 247 cm³/mol. The van der Waals surface area contributed by atoms with E-state index in [9.17, 15) is 24.3 Å². The molecule has 4 N–H and O–H groups in total. The van der Waals surface area contributed by atoms with Gasteiger partial charge in [0.05, 0.1) is 23.3 Å². The number of nitrogens with zero attached hydrogens (tertiary/aromatic N) is 1. The fourth-order valence-corrected chi connectivity index (χ4v) is 7.15. The van der Waals surface area contributed by atoms with Crippen LogP contribution in [-0.4, -0.2) is 61.6 Å². The number of H-pyrrole nitrogens is 1. The predicted octanol–water partition coefficient (Wildman–Crippen LogP) is 10.9. The van der Waals surface area contributed by atoms with Crippen LogP contribution in [0.2, 0.25) is 0 Å². The highest BCUT2D eigenvalue weighted by Crippen LogP contribution is 2.35. The Morgan fingerprint density at radius 2 is 1.18 bits per heavy atom. The molecule has 0 saturated heterocycles. The second-order valence-electron chi connectivity index (χ2n) is 16.8. The number of carbonyl (C=O) groups excluding carboxylic acids is 3. The Morgan fingerprint density at radius 1 is 0.694 bits per heavy atom. The molecule has 62 heavy (non-hydrogen) atoms. The van der Waals surface area contributed by atoms with Gasteiger partial charge in [0.15, 0.2) is 5.78 Å². The van der Waals surface area contributed by atoms with E-state index in [2.05, 4.69) is 66.9 Å². The Hall–Kier alpha value is -6.27. The first-order valence-electron chi connectivity index (χ1n) is 20.5. The molecule has 12 heteroatoms. The van der Waals surface area contributed by atoms with Gasteiger partial charge >= 0.3 is 18.2 Å². The molecular weight excluding hydrogens is 848 g/mol. The molecule has 2 atom stereocenters. The van der Waals surface area contributed by atoms with Crippen molar-refractivity contribution >= 4 is 51.0 Å². The van der Waals surface area contributed by atoms with E-state index in [1.807, 2.05) is 118 Å². The van der Waals surface area contributed by atoms with Crippen molar-refractivity contribution in [3.8, 4) is 11.3 Å². The molecule has 324 valence electrons. The fourth-order valence-electron chi connectivity index (χ4n) is 6.83. The average molecular weight is 904 g/mol. The van der Waals surface area contributed by atoms with Gasteiger partial charge in [0.25, 0.3) is 0 Å². The van der Waals surface area contributed by atoms with Crippen LogP contribution in [-0.2, 0) is 27.1 Å². The third-order valence-electron chi connectivity index (χ3n) is 9.62. The zero-order chi connectivity index (χ0) is 44.9. The van der Waals surface area contributed by atoms with Gasteiger partial charge < -0.3 is 30.2 Å². The number of carboxylic acid groups (broad SMARTS) is 1. The van der Waals surface area contributed by atoms with Crippen LogP contribution in [0, 0.1) is 0 Å². The minimum Gasteiger partial charge on any atom is -0.480 e. The number of carboxylic acids is 1. The highest BCUT2D eigenvalue weighted by molar-refractivity contribution is 9.09. The third kappa shape index (κ3) is 14.2. The topological polar surface area (TPSA) is 160 Å². The number of rotatable bonds is 11. The number of carbonyl (C=O) groups is 4. The number of hydrogen-bond donors (Lipinski definition) is 4. The lowest BCUT2D eigenvalue weighted by Gasteiger charge is -2.23. The normalized spacial score (nSPS) is 13.5. The van der Waals surface area contributed by atoms with Gasteiger partial charge in [0, 0.05) is 18.4 Å². The molecule has 4 aromatic carbocycles. The summed E-state index contributed by atoms with van der Waals surface area (Å²) in [6.07, 6.45) is 7.48. The van der Waals surface area contributed by atoms with Gasteiger partial charge in [-0.3, -0.25) is 4.79 Å². The Balaban J connectivity index is 0.000000198. The molecule has 0 spiro atoms. The standard InChI is InChI=1S/C25H27N3O2.C17H21NO4.C8H7BrO/c1-25(2,3)30-24(29)28-21(15-19-14-13-17-9-7-8-12-20(17)19)23-26-16-22(27-23)18-10-5-4-6-11-18;1-17(2,3)22-16(21)18-14(15(19)20)10-12-9-8-11-6-4-5-7-13(11)12;9-6-8(10)7-4-2-1-3-5-7/h4-12,14,16,21H,13,15H2,1-3H3,(H,26,27)(H,28,29);4-7,9,14H,8,10H2,1-3H3,(H,18,21)(H,19,20);1-5H,6H2/t21-;14-;/m11./s1. The summed E-state index contributed by atoms with van der Waals surface area (Å²) in [6.45, 7) is 10.8. The number of imidazole rings is 1. The van der Waals surface area contributed by atoms with Gasteiger partial charge in [-0.1, -0.05) is 137 Å². The summed E-state index contributed by atoms with van der Waals surface area (Å²) in [4.78, 5) is 54.7. The number of allylic oxidation sites excluding steroid dienone is 2. The van der Waals surface area contributed by atoms with Crippen molar-refractivity contribution in [1.29, 1.82) is 0 Å². The molecule has 0 fully saturated rings. The fraction of sp³-hybridized carbons (Fsp3) is 0.300. The number of nitrogens with one attached hydrogen (secondary N) is 3. The van der Waals surface area contributed by atoms with Crippen molar-refractivity contribution in [2.24, 2.45) is 0 Å². The minimum atomic E-state index is -1.07. The van der Waals surface area contributed by atoms with Gasteiger partial charge in [-0.15, -0.1) is 0 Å². The maximum atomic E-state index is 12.5. The number of ether oxygens (including phenoxy) is 2. The van der Waals surface area contributed by atoms with E-state index in [0.29, 0.717) is 17.6 Å². The molecule has 1 heterocycles. The van der Waals surface area contributed by atoms with Crippen LogP contribution < -0.4 is 10.6 Å². The second-order valence-corrected chi connectivity index (χ2v) is 17.4. The molecule has 0 bridgehead atoms. The molecule has 2 aliphatic carbocycles. The average Bonchev–Trinajstić information content (AvgIpc) is 3.99. The summed E-state index contributed by atoms with van der Waals surface area (Å²) >= 11 is 3.10. The number of fused-ring (bicyclic) bond motifs is 2. The summed E-state index contributed by atoms with van der Waals surface area (Å²) < 4.78 is 10.6. The molecule has 11 nitrogen and oxygen atoms in total. The summed E-state index contributed by atoms with van der Waals surface area (Å²) in [5.41, 5.74) is 8.45. The summed E-state index contributed by atoms with van der Waals surface area (Å²) in [6, 6.07) is 34.2. The van der Waals surface area contributed by atoms with Gasteiger partial charge in [-0.05, 0) is 93.3 Å². The Morgan fingerprint density at radius 3 is 1.69 bits per heavy atom. The largest absolute Gasteiger partial charge is 0.480 e. The molecule has 2 amide bonds. The number of aromatic nitrogens is 2. The second kappa shape index (κ2) is 21.5. The lowest BCUT2D eigenvalue weighted by molar-refractivity contribution is -0.139. The highest BCUT2D eigenvalue weighted by Gasteiger charge is 2.28. The van der Waals surface area contributed by atoms with E-state index in [4.69, 9.17) is 9.47 Å². The molecule has 5 aromatic rings. The highest BCUT2D eigenvalue weighted by atomic mass is 79.9. The van der Waals surface area contributed by atoms with Crippen LogP contribution in [0.1, 0.15) is 98.9 Å². The van der Waals surface area contributed by atoms with Crippen molar-refractivity contribution < 1.29 is 33.8 Å². The number of alkyl carbamates (subject to hydrolysis) is 2. The SMILES string of the molecule is CC(C)(C)OC(=O)N[C@H](CC1=CCc2ccccc21)C(=O)O.CC(C)(C)OC(=O)N[C@H](CC1=CCc2ccccc21)c1ncc(-c2ccccc2)[nH]1.O=C(CBr)c1ccccc1. The number of aromatic amines is 1. The van der Waals surface area contributed by atoms with E-state index in [1.165, 1.54) is 22.3 Å². The van der Waals surface area contributed by atoms with Crippen LogP contribution in [0.5, 0.6) is 0 Å². The van der Waals surface area contributed by atoms with Crippen LogP contribution >= 0.6 is 15.9 Å². The van der Waals surface area contributed by atoms with E-state index in [-0.39, 0.29) is 18.2 Å². The Labute approximate surface area is 372 Å². The first-order valence-corrected chi connectivity index (χ1v) is 21.6. The molecule has 0 radical (unpaired) electrons. The molecular formula is C50H55BrN4O7. The summed E-state index contributed by atoms with van der Waals surface area (Å²) in [5.74, 6) is -0.235. The maximum Gasteiger partial charge on any atom is 0.408 e. The number of amides is 2. The van der Waals surface area contributed by atoms with Crippen LogP contribution in [0.25, 0.3) is 22.4 Å². The van der Waals surface area contributed by atoms with Crippen LogP contribution in [0.15, 0.2) is 128 Å². The van der Waals surface area contributed by atoms with E-state index in [0.717, 1.165) is 40.8 Å². The van der Waals surface area contributed by atoms with E-state index < -0.39 is 35.4 Å². The molecule has 0 saturated carbocycles. The Bertz CT molecular complexity index is 2380. The number of halogens is 1. The van der Waals surface area contributed by atoms with Gasteiger partial charge in [-0.2, -0.15) is 0 Å². The van der Waals surface area contributed by atoms with Gasteiger partial charge in [-0.25, -0.2) is 19.4 Å². The number of benzene rings is 4. The number of ketones is 1. The molecule has 0 unspecified atom stereocenters. The van der Waals surface area contributed by atoms with E-state index >= 15 is 0 Å². The Kier molecular flexibility index (Phi) is 16.2. The summed E-state index contributed by atoms with van der Waals surface area (Å²) in [7, 11) is 0. The number of aliphatic carboxylic acids is 1. The van der Waals surface area contributed by atoms with Crippen molar-refractivity contribution in [3.05, 3.63) is 161 Å².